The molecule has 0 aliphatic heterocycles. The summed E-state index contributed by atoms with van der Waals surface area (Å²) in [5.74, 6) is 0.753. The minimum absolute atomic E-state index is 0. The van der Waals surface area contributed by atoms with Crippen molar-refractivity contribution in [3.05, 3.63) is 29.8 Å². The summed E-state index contributed by atoms with van der Waals surface area (Å²) in [6.45, 7) is 6.29. The van der Waals surface area contributed by atoms with Gasteiger partial charge in [-0.15, -0.1) is 24.0 Å². The first-order chi connectivity index (χ1) is 11.5. The highest BCUT2D eigenvalue weighted by atomic mass is 127. The summed E-state index contributed by atoms with van der Waals surface area (Å²) in [6.07, 6.45) is 5.95. The van der Waals surface area contributed by atoms with Crippen LogP contribution in [-0.2, 0) is 16.6 Å². The molecule has 0 unspecified atom stereocenters. The van der Waals surface area contributed by atoms with Crippen molar-refractivity contribution in [2.24, 2.45) is 4.99 Å². The third-order valence-electron chi connectivity index (χ3n) is 3.39. The van der Waals surface area contributed by atoms with Crippen molar-refractivity contribution in [3.8, 4) is 0 Å². The van der Waals surface area contributed by atoms with Gasteiger partial charge in [0.2, 0.25) is 10.0 Å². The summed E-state index contributed by atoms with van der Waals surface area (Å²) in [5.41, 5.74) is 1.41. The van der Waals surface area contributed by atoms with Gasteiger partial charge >= 0.3 is 0 Å². The standard InChI is InChI=1S/C17H30N4O2S.HI/c1-4-6-7-10-13-19-17(18-5-2)20-14-15-11-8-9-12-16(15)21-24(3,22)23;/h8-9,11-12,21H,4-7,10,13-14H2,1-3H3,(H2,18,19,20);1H. The van der Waals surface area contributed by atoms with E-state index in [-0.39, 0.29) is 24.0 Å². The first-order valence-electron chi connectivity index (χ1n) is 8.54. The molecule has 0 radical (unpaired) electrons. The molecule has 1 aromatic rings. The van der Waals surface area contributed by atoms with Crippen LogP contribution in [0.5, 0.6) is 0 Å². The summed E-state index contributed by atoms with van der Waals surface area (Å²) >= 11 is 0. The Kier molecular flexibility index (Phi) is 12.7. The van der Waals surface area contributed by atoms with E-state index in [1.807, 2.05) is 19.1 Å². The van der Waals surface area contributed by atoms with Crippen LogP contribution in [-0.4, -0.2) is 33.7 Å². The van der Waals surface area contributed by atoms with Gasteiger partial charge in [0.25, 0.3) is 0 Å². The molecular formula is C17H31IN4O2S. The van der Waals surface area contributed by atoms with E-state index in [9.17, 15) is 8.42 Å². The number of para-hydroxylation sites is 1. The number of guanidine groups is 1. The summed E-state index contributed by atoms with van der Waals surface area (Å²) in [5, 5.41) is 6.53. The second-order valence-corrected chi connectivity index (χ2v) is 7.46. The van der Waals surface area contributed by atoms with Crippen LogP contribution >= 0.6 is 24.0 Å². The fourth-order valence-electron chi connectivity index (χ4n) is 2.22. The van der Waals surface area contributed by atoms with Crippen molar-refractivity contribution >= 4 is 45.6 Å². The second kappa shape index (κ2) is 13.2. The van der Waals surface area contributed by atoms with Crippen molar-refractivity contribution < 1.29 is 8.42 Å². The Bertz CT molecular complexity index is 621. The first kappa shape index (κ1) is 24.0. The second-order valence-electron chi connectivity index (χ2n) is 5.71. The molecule has 8 heteroatoms. The minimum Gasteiger partial charge on any atom is -0.357 e. The Morgan fingerprint density at radius 3 is 2.44 bits per heavy atom. The van der Waals surface area contributed by atoms with Crippen LogP contribution in [0, 0.1) is 0 Å². The number of anilines is 1. The maximum absolute atomic E-state index is 11.4. The predicted molar refractivity (Wildman–Crippen MR) is 117 cm³/mol. The number of benzene rings is 1. The number of aliphatic imine (C=N–C) groups is 1. The number of hydrogen-bond donors (Lipinski definition) is 3. The van der Waals surface area contributed by atoms with Gasteiger partial charge in [0.15, 0.2) is 5.96 Å². The van der Waals surface area contributed by atoms with Gasteiger partial charge in [0, 0.05) is 13.1 Å². The molecule has 0 saturated heterocycles. The van der Waals surface area contributed by atoms with E-state index in [4.69, 9.17) is 0 Å². The van der Waals surface area contributed by atoms with Crippen LogP contribution in [0.4, 0.5) is 5.69 Å². The molecule has 0 heterocycles. The molecule has 3 N–H and O–H groups in total. The smallest absolute Gasteiger partial charge is 0.229 e. The van der Waals surface area contributed by atoms with E-state index in [0.29, 0.717) is 12.2 Å². The lowest BCUT2D eigenvalue weighted by molar-refractivity contribution is 0.606. The highest BCUT2D eigenvalue weighted by Crippen LogP contribution is 2.17. The molecule has 0 spiro atoms. The summed E-state index contributed by atoms with van der Waals surface area (Å²) in [4.78, 5) is 4.55. The molecule has 0 fully saturated rings. The predicted octanol–water partition coefficient (Wildman–Crippen LogP) is 3.31. The third-order valence-corrected chi connectivity index (χ3v) is 3.98. The van der Waals surface area contributed by atoms with Gasteiger partial charge in [0.1, 0.15) is 0 Å². The molecule has 0 saturated carbocycles. The normalized spacial score (nSPS) is 11.6. The molecule has 0 aliphatic rings. The Morgan fingerprint density at radius 2 is 1.80 bits per heavy atom. The molecule has 0 amide bonds. The number of hydrogen-bond acceptors (Lipinski definition) is 3. The number of nitrogens with zero attached hydrogens (tertiary/aromatic N) is 1. The zero-order chi connectivity index (χ0) is 17.8. The van der Waals surface area contributed by atoms with Crippen LogP contribution < -0.4 is 15.4 Å². The molecule has 1 aromatic carbocycles. The van der Waals surface area contributed by atoms with Gasteiger partial charge in [-0.25, -0.2) is 13.4 Å². The molecule has 1 rings (SSSR count). The molecule has 0 bridgehead atoms. The Labute approximate surface area is 169 Å². The molecule has 6 nitrogen and oxygen atoms in total. The topological polar surface area (TPSA) is 82.6 Å². The molecule has 25 heavy (non-hydrogen) atoms. The quantitative estimate of drug-likeness (QED) is 0.207. The van der Waals surface area contributed by atoms with Crippen molar-refractivity contribution in [1.82, 2.24) is 10.6 Å². The van der Waals surface area contributed by atoms with Gasteiger partial charge in [0.05, 0.1) is 18.5 Å². The maximum atomic E-state index is 11.4. The van der Waals surface area contributed by atoms with Gasteiger partial charge in [-0.05, 0) is 25.0 Å². The fourth-order valence-corrected chi connectivity index (χ4v) is 2.82. The average Bonchev–Trinajstić information content (AvgIpc) is 2.52. The van der Waals surface area contributed by atoms with Crippen LogP contribution in [0.15, 0.2) is 29.3 Å². The molecule has 144 valence electrons. The molecule has 0 aliphatic carbocycles. The van der Waals surface area contributed by atoms with Crippen LogP contribution in [0.2, 0.25) is 0 Å². The lowest BCUT2D eigenvalue weighted by Gasteiger charge is -2.12. The van der Waals surface area contributed by atoms with E-state index in [2.05, 4.69) is 27.3 Å². The van der Waals surface area contributed by atoms with Crippen LogP contribution in [0.3, 0.4) is 0 Å². The molecule has 0 atom stereocenters. The number of nitrogens with one attached hydrogen (secondary N) is 3. The van der Waals surface area contributed by atoms with Crippen molar-refractivity contribution in [3.63, 3.8) is 0 Å². The number of unbranched alkanes of at least 4 members (excludes halogenated alkanes) is 3. The summed E-state index contributed by atoms with van der Waals surface area (Å²) in [6, 6.07) is 7.31. The minimum atomic E-state index is -3.30. The fraction of sp³-hybridized carbons (Fsp3) is 0.588. The lowest BCUT2D eigenvalue weighted by atomic mass is 10.2. The summed E-state index contributed by atoms with van der Waals surface area (Å²) < 4.78 is 25.4. The van der Waals surface area contributed by atoms with Crippen LogP contribution in [0.25, 0.3) is 0 Å². The highest BCUT2D eigenvalue weighted by Gasteiger charge is 2.07. The highest BCUT2D eigenvalue weighted by molar-refractivity contribution is 14.0. The number of sulfonamides is 1. The van der Waals surface area contributed by atoms with E-state index >= 15 is 0 Å². The number of rotatable bonds is 10. The van der Waals surface area contributed by atoms with Crippen LogP contribution in [0.1, 0.15) is 45.1 Å². The van der Waals surface area contributed by atoms with Gasteiger partial charge in [-0.1, -0.05) is 44.4 Å². The lowest BCUT2D eigenvalue weighted by Crippen LogP contribution is -2.37. The SMILES string of the molecule is CCCCCCNC(=NCc1ccccc1NS(C)(=O)=O)NCC.I. The van der Waals surface area contributed by atoms with E-state index in [0.717, 1.165) is 37.3 Å². The van der Waals surface area contributed by atoms with E-state index in [1.54, 1.807) is 12.1 Å². The zero-order valence-corrected chi connectivity index (χ0v) is 18.5. The van der Waals surface area contributed by atoms with Crippen molar-refractivity contribution in [1.29, 1.82) is 0 Å². The summed E-state index contributed by atoms with van der Waals surface area (Å²) in [7, 11) is -3.30. The number of halogens is 1. The van der Waals surface area contributed by atoms with Crippen molar-refractivity contribution in [2.45, 2.75) is 46.1 Å². The Balaban J connectivity index is 0.00000576. The van der Waals surface area contributed by atoms with Gasteiger partial charge in [-0.2, -0.15) is 0 Å². The monoisotopic (exact) mass is 482 g/mol. The largest absolute Gasteiger partial charge is 0.357 e. The Morgan fingerprint density at radius 1 is 1.08 bits per heavy atom. The third kappa shape index (κ3) is 11.2. The van der Waals surface area contributed by atoms with E-state index in [1.165, 1.54) is 19.3 Å². The van der Waals surface area contributed by atoms with Gasteiger partial charge in [-0.3, -0.25) is 4.72 Å². The molecular weight excluding hydrogens is 451 g/mol. The Hall–Kier alpha value is -1.03. The van der Waals surface area contributed by atoms with Gasteiger partial charge < -0.3 is 10.6 Å². The first-order valence-corrected chi connectivity index (χ1v) is 10.4. The maximum Gasteiger partial charge on any atom is 0.229 e. The zero-order valence-electron chi connectivity index (χ0n) is 15.3. The average molecular weight is 482 g/mol. The van der Waals surface area contributed by atoms with E-state index < -0.39 is 10.0 Å². The molecule has 0 aromatic heterocycles. The van der Waals surface area contributed by atoms with Crippen molar-refractivity contribution in [2.75, 3.05) is 24.1 Å².